The molecule has 0 radical (unpaired) electrons. The number of rotatable bonds is 5. The van der Waals surface area contributed by atoms with Crippen molar-refractivity contribution in [3.8, 4) is 22.3 Å². The Morgan fingerprint density at radius 3 is 0.945 bits per heavy atom. The second-order valence-corrected chi connectivity index (χ2v) is 14.4. The maximum absolute atomic E-state index is 2.42. The molecule has 55 heavy (non-hydrogen) atoms. The first kappa shape index (κ1) is 31.3. The van der Waals surface area contributed by atoms with Gasteiger partial charge in [0.25, 0.3) is 0 Å². The fourth-order valence-corrected chi connectivity index (χ4v) is 8.89. The number of anilines is 3. The number of benzene rings is 10. The smallest absolute Gasteiger partial charge is 0.0468 e. The van der Waals surface area contributed by atoms with Gasteiger partial charge in [-0.05, 0) is 123 Å². The lowest BCUT2D eigenvalue weighted by Crippen LogP contribution is -2.09. The zero-order valence-corrected chi connectivity index (χ0v) is 30.2. The molecule has 0 atom stereocenters. The quantitative estimate of drug-likeness (QED) is 0.162. The molecule has 0 fully saturated rings. The van der Waals surface area contributed by atoms with E-state index < -0.39 is 0 Å². The van der Waals surface area contributed by atoms with Crippen molar-refractivity contribution in [2.24, 2.45) is 0 Å². The highest BCUT2D eigenvalue weighted by atomic mass is 15.1. The van der Waals surface area contributed by atoms with Crippen molar-refractivity contribution < 1.29 is 0 Å². The Kier molecular flexibility index (Phi) is 7.25. The maximum Gasteiger partial charge on any atom is 0.0468 e. The molecule has 0 aromatic heterocycles. The molecule has 0 N–H and O–H groups in total. The average molecular weight is 698 g/mol. The first-order valence-corrected chi connectivity index (χ1v) is 19.0. The van der Waals surface area contributed by atoms with Gasteiger partial charge >= 0.3 is 0 Å². The van der Waals surface area contributed by atoms with Crippen molar-refractivity contribution >= 4 is 81.7 Å². The van der Waals surface area contributed by atoms with Gasteiger partial charge in [0.1, 0.15) is 0 Å². The third-order valence-electron chi connectivity index (χ3n) is 11.4. The molecule has 1 nitrogen and oxygen atoms in total. The topological polar surface area (TPSA) is 3.24 Å². The fourth-order valence-electron chi connectivity index (χ4n) is 8.89. The summed E-state index contributed by atoms with van der Waals surface area (Å²) in [7, 11) is 0. The van der Waals surface area contributed by atoms with Gasteiger partial charge in [0.2, 0.25) is 0 Å². The van der Waals surface area contributed by atoms with Crippen LogP contribution in [0.4, 0.5) is 17.1 Å². The molecule has 0 spiro atoms. The minimum absolute atomic E-state index is 1.11. The molecule has 0 aliphatic heterocycles. The van der Waals surface area contributed by atoms with Crippen LogP contribution in [0.25, 0.3) is 86.9 Å². The van der Waals surface area contributed by atoms with Crippen LogP contribution in [0, 0.1) is 0 Å². The summed E-state index contributed by atoms with van der Waals surface area (Å²) in [6, 6.07) is 77.8. The average Bonchev–Trinajstić information content (AvgIpc) is 3.27. The Hall–Kier alpha value is -7.22. The number of nitrogens with zero attached hydrogens (tertiary/aromatic N) is 1. The third kappa shape index (κ3) is 5.09. The maximum atomic E-state index is 2.42. The van der Waals surface area contributed by atoms with Crippen molar-refractivity contribution in [3.05, 3.63) is 212 Å². The highest BCUT2D eigenvalue weighted by Crippen LogP contribution is 2.45. The molecule has 0 heterocycles. The summed E-state index contributed by atoms with van der Waals surface area (Å²) in [5.74, 6) is 0. The van der Waals surface area contributed by atoms with Gasteiger partial charge in [0.05, 0.1) is 0 Å². The van der Waals surface area contributed by atoms with Crippen LogP contribution >= 0.6 is 0 Å². The molecule has 11 aromatic rings. The standard InChI is InChI=1S/C54H35N/c1-3-13-36(14-4-1)38-25-29-40(30-26-38)55(41-31-27-39(28-32-41)37-15-5-2-6-16-37)42-33-34-47-43-17-7-8-18-44(43)48-21-11-22-49-45-19-9-10-20-46(45)50-23-12-24-51(52(47)35-42)54(50)53(48)49/h1-35H. The Labute approximate surface area is 320 Å². The summed E-state index contributed by atoms with van der Waals surface area (Å²) in [4.78, 5) is 2.40. The van der Waals surface area contributed by atoms with Crippen molar-refractivity contribution in [3.63, 3.8) is 0 Å². The molecule has 0 bridgehead atoms. The largest absolute Gasteiger partial charge is 0.310 e. The van der Waals surface area contributed by atoms with Crippen molar-refractivity contribution in [1.82, 2.24) is 0 Å². The van der Waals surface area contributed by atoms with E-state index in [4.69, 9.17) is 0 Å². The van der Waals surface area contributed by atoms with E-state index in [0.717, 1.165) is 17.1 Å². The SMILES string of the molecule is c1ccc(-c2ccc(N(c3ccc(-c4ccccc4)cc3)c3ccc4c5ccccc5c5cccc6c7ccccc7c7cccc(c4c3)c7c56)cc2)cc1. The van der Waals surface area contributed by atoms with E-state index in [-0.39, 0.29) is 0 Å². The molecule has 0 amide bonds. The minimum atomic E-state index is 1.11. The molecule has 11 rings (SSSR count). The van der Waals surface area contributed by atoms with Gasteiger partial charge in [0.15, 0.2) is 0 Å². The first-order chi connectivity index (χ1) is 27.3. The molecule has 11 aromatic carbocycles. The highest BCUT2D eigenvalue weighted by Gasteiger charge is 2.18. The Bertz CT molecular complexity index is 3140. The lowest BCUT2D eigenvalue weighted by Gasteiger charge is -2.26. The predicted octanol–water partition coefficient (Wildman–Crippen LogP) is 15.4. The fraction of sp³-hybridized carbons (Fsp3) is 0. The molecule has 0 saturated carbocycles. The van der Waals surface area contributed by atoms with Crippen LogP contribution in [-0.4, -0.2) is 0 Å². The monoisotopic (exact) mass is 697 g/mol. The Balaban J connectivity index is 1.22. The van der Waals surface area contributed by atoms with Gasteiger partial charge in [-0.3, -0.25) is 0 Å². The van der Waals surface area contributed by atoms with Crippen LogP contribution in [0.15, 0.2) is 212 Å². The van der Waals surface area contributed by atoms with E-state index in [1.54, 1.807) is 0 Å². The van der Waals surface area contributed by atoms with Crippen LogP contribution in [0.1, 0.15) is 0 Å². The van der Waals surface area contributed by atoms with E-state index in [1.807, 2.05) is 0 Å². The zero-order chi connectivity index (χ0) is 36.3. The van der Waals surface area contributed by atoms with Gasteiger partial charge in [-0.1, -0.05) is 176 Å². The number of hydrogen-bond donors (Lipinski definition) is 0. The minimum Gasteiger partial charge on any atom is -0.310 e. The molecular formula is C54H35N. The lowest BCUT2D eigenvalue weighted by atomic mass is 9.87. The molecule has 1 heteroatoms. The van der Waals surface area contributed by atoms with E-state index in [9.17, 15) is 0 Å². The third-order valence-corrected chi connectivity index (χ3v) is 11.4. The van der Waals surface area contributed by atoms with E-state index in [0.29, 0.717) is 0 Å². The number of hydrogen-bond acceptors (Lipinski definition) is 1. The molecule has 256 valence electrons. The van der Waals surface area contributed by atoms with Crippen LogP contribution < -0.4 is 4.90 Å². The molecule has 0 aliphatic rings. The normalized spacial score (nSPS) is 11.6. The summed E-state index contributed by atoms with van der Waals surface area (Å²) in [6.45, 7) is 0. The van der Waals surface area contributed by atoms with E-state index in [1.165, 1.54) is 86.9 Å². The Morgan fingerprint density at radius 1 is 0.200 bits per heavy atom. The highest BCUT2D eigenvalue weighted by molar-refractivity contribution is 6.38. The summed E-state index contributed by atoms with van der Waals surface area (Å²) in [5.41, 5.74) is 8.14. The van der Waals surface area contributed by atoms with Crippen LogP contribution in [0.2, 0.25) is 0 Å². The van der Waals surface area contributed by atoms with Gasteiger partial charge < -0.3 is 4.90 Å². The molecular weight excluding hydrogens is 663 g/mol. The van der Waals surface area contributed by atoms with Gasteiger partial charge in [-0.2, -0.15) is 0 Å². The van der Waals surface area contributed by atoms with E-state index in [2.05, 4.69) is 217 Å². The lowest BCUT2D eigenvalue weighted by molar-refractivity contribution is 1.29. The van der Waals surface area contributed by atoms with Gasteiger partial charge in [0, 0.05) is 17.1 Å². The van der Waals surface area contributed by atoms with Crippen molar-refractivity contribution in [1.29, 1.82) is 0 Å². The van der Waals surface area contributed by atoms with Crippen LogP contribution in [0.5, 0.6) is 0 Å². The van der Waals surface area contributed by atoms with E-state index >= 15 is 0 Å². The van der Waals surface area contributed by atoms with Crippen molar-refractivity contribution in [2.75, 3.05) is 4.90 Å². The number of fused-ring (bicyclic) bond motifs is 8. The predicted molar refractivity (Wildman–Crippen MR) is 237 cm³/mol. The Morgan fingerprint density at radius 2 is 0.509 bits per heavy atom. The van der Waals surface area contributed by atoms with Gasteiger partial charge in [-0.25, -0.2) is 0 Å². The summed E-state index contributed by atoms with van der Waals surface area (Å²) in [6.07, 6.45) is 0. The van der Waals surface area contributed by atoms with Crippen molar-refractivity contribution in [2.45, 2.75) is 0 Å². The van der Waals surface area contributed by atoms with Crippen LogP contribution in [0.3, 0.4) is 0 Å². The zero-order valence-electron chi connectivity index (χ0n) is 30.2. The molecule has 0 aliphatic carbocycles. The molecule has 0 unspecified atom stereocenters. The summed E-state index contributed by atoms with van der Waals surface area (Å²) < 4.78 is 0. The van der Waals surface area contributed by atoms with Gasteiger partial charge in [-0.15, -0.1) is 0 Å². The first-order valence-electron chi connectivity index (χ1n) is 19.0. The van der Waals surface area contributed by atoms with Crippen LogP contribution in [-0.2, 0) is 0 Å². The molecule has 0 saturated heterocycles. The second-order valence-electron chi connectivity index (χ2n) is 14.4. The second kappa shape index (κ2) is 12.7. The summed E-state index contributed by atoms with van der Waals surface area (Å²) >= 11 is 0. The summed E-state index contributed by atoms with van der Waals surface area (Å²) in [5, 5.41) is 15.3.